The molecule has 18 heavy (non-hydrogen) atoms. The van der Waals surface area contributed by atoms with Crippen molar-refractivity contribution in [2.24, 2.45) is 0 Å². The zero-order valence-electron chi connectivity index (χ0n) is 10.5. The number of thiophene rings is 1. The topological polar surface area (TPSA) is 38.5 Å². The molecule has 2 aromatic rings. The van der Waals surface area contributed by atoms with Crippen LogP contribution in [0, 0.1) is 0 Å². The van der Waals surface area contributed by atoms with Crippen LogP contribution >= 0.6 is 11.3 Å². The Bertz CT molecular complexity index is 470. The molecule has 0 atom stereocenters. The Balaban J connectivity index is 1.74. The molecule has 1 heterocycles. The lowest BCUT2D eigenvalue weighted by Crippen LogP contribution is -2.23. The number of nitrogens with two attached hydrogens (primary N) is 1. The second kappa shape index (κ2) is 6.42. The Morgan fingerprint density at radius 1 is 1.22 bits per heavy atom. The summed E-state index contributed by atoms with van der Waals surface area (Å²) in [5.41, 5.74) is 6.50. The van der Waals surface area contributed by atoms with Crippen molar-refractivity contribution >= 4 is 17.0 Å². The van der Waals surface area contributed by atoms with Crippen molar-refractivity contribution in [3.05, 3.63) is 46.7 Å². The van der Waals surface area contributed by atoms with Gasteiger partial charge in [0, 0.05) is 18.0 Å². The Kier molecular flexibility index (Phi) is 4.61. The van der Waals surface area contributed by atoms with Gasteiger partial charge in [-0.1, -0.05) is 18.2 Å². The highest BCUT2D eigenvalue weighted by Gasteiger charge is 2.02. The summed E-state index contributed by atoms with van der Waals surface area (Å²) in [5, 5.41) is 2.10. The molecule has 1 aromatic carbocycles. The first kappa shape index (κ1) is 12.9. The van der Waals surface area contributed by atoms with Crippen molar-refractivity contribution in [2.75, 3.05) is 25.9 Å². The Morgan fingerprint density at radius 2 is 2.06 bits per heavy atom. The van der Waals surface area contributed by atoms with Gasteiger partial charge in [-0.2, -0.15) is 0 Å². The van der Waals surface area contributed by atoms with Crippen molar-refractivity contribution in [1.82, 2.24) is 4.90 Å². The molecule has 0 aliphatic rings. The SMILES string of the molecule is CN(CCOc1ccccc1N)Cc1cccs1. The summed E-state index contributed by atoms with van der Waals surface area (Å²) in [4.78, 5) is 3.61. The first-order chi connectivity index (χ1) is 8.75. The number of hydrogen-bond donors (Lipinski definition) is 1. The molecule has 0 aliphatic heterocycles. The van der Waals surface area contributed by atoms with Crippen LogP contribution in [0.15, 0.2) is 41.8 Å². The second-order valence-corrected chi connectivity index (χ2v) is 5.24. The zero-order chi connectivity index (χ0) is 12.8. The maximum Gasteiger partial charge on any atom is 0.142 e. The van der Waals surface area contributed by atoms with Gasteiger partial charge >= 0.3 is 0 Å². The third-order valence-corrected chi connectivity index (χ3v) is 3.52. The van der Waals surface area contributed by atoms with E-state index in [-0.39, 0.29) is 0 Å². The summed E-state index contributed by atoms with van der Waals surface area (Å²) in [6, 6.07) is 11.8. The zero-order valence-corrected chi connectivity index (χ0v) is 11.3. The maximum absolute atomic E-state index is 5.81. The molecule has 4 heteroatoms. The number of nitrogens with zero attached hydrogens (tertiary/aromatic N) is 1. The van der Waals surface area contributed by atoms with Crippen LogP contribution in [0.25, 0.3) is 0 Å². The van der Waals surface area contributed by atoms with E-state index in [0.717, 1.165) is 18.8 Å². The fourth-order valence-corrected chi connectivity index (χ4v) is 2.46. The van der Waals surface area contributed by atoms with E-state index >= 15 is 0 Å². The molecule has 0 fully saturated rings. The third kappa shape index (κ3) is 3.75. The summed E-state index contributed by atoms with van der Waals surface area (Å²) >= 11 is 1.78. The number of rotatable bonds is 6. The van der Waals surface area contributed by atoms with Gasteiger partial charge < -0.3 is 10.5 Å². The molecule has 0 spiro atoms. The first-order valence-corrected chi connectivity index (χ1v) is 6.82. The first-order valence-electron chi connectivity index (χ1n) is 5.94. The Morgan fingerprint density at radius 3 is 2.78 bits per heavy atom. The van der Waals surface area contributed by atoms with Crippen LogP contribution in [0.4, 0.5) is 5.69 Å². The van der Waals surface area contributed by atoms with Gasteiger partial charge in [0.05, 0.1) is 5.69 Å². The fraction of sp³-hybridized carbons (Fsp3) is 0.286. The van der Waals surface area contributed by atoms with Crippen LogP contribution in [-0.4, -0.2) is 25.1 Å². The smallest absolute Gasteiger partial charge is 0.142 e. The summed E-state index contributed by atoms with van der Waals surface area (Å²) in [6.45, 7) is 2.49. The number of para-hydroxylation sites is 2. The number of nitrogen functional groups attached to an aromatic ring is 1. The minimum atomic E-state index is 0.649. The molecule has 0 aliphatic carbocycles. The molecule has 0 bridgehead atoms. The van der Waals surface area contributed by atoms with Crippen molar-refractivity contribution in [2.45, 2.75) is 6.54 Å². The minimum Gasteiger partial charge on any atom is -0.490 e. The molecule has 0 saturated heterocycles. The largest absolute Gasteiger partial charge is 0.490 e. The molecule has 0 amide bonds. The molecule has 3 nitrogen and oxygen atoms in total. The quantitative estimate of drug-likeness (QED) is 0.814. The average molecular weight is 262 g/mol. The van der Waals surface area contributed by atoms with Crippen molar-refractivity contribution in [3.63, 3.8) is 0 Å². The van der Waals surface area contributed by atoms with E-state index in [4.69, 9.17) is 10.5 Å². The average Bonchev–Trinajstić information content (AvgIpc) is 2.84. The lowest BCUT2D eigenvalue weighted by atomic mass is 10.3. The van der Waals surface area contributed by atoms with E-state index in [9.17, 15) is 0 Å². The van der Waals surface area contributed by atoms with Crippen LogP contribution < -0.4 is 10.5 Å². The highest BCUT2D eigenvalue weighted by molar-refractivity contribution is 7.09. The molecule has 0 saturated carbocycles. The van der Waals surface area contributed by atoms with Gasteiger partial charge in [-0.25, -0.2) is 0 Å². The summed E-state index contributed by atoms with van der Waals surface area (Å²) in [5.74, 6) is 0.766. The molecular weight excluding hydrogens is 244 g/mol. The molecular formula is C14H18N2OS. The van der Waals surface area contributed by atoms with Gasteiger partial charge in [0.15, 0.2) is 0 Å². The molecule has 0 unspecified atom stereocenters. The van der Waals surface area contributed by atoms with Crippen LogP contribution in [0.3, 0.4) is 0 Å². The minimum absolute atomic E-state index is 0.649. The molecule has 96 valence electrons. The van der Waals surface area contributed by atoms with Crippen LogP contribution in [0.2, 0.25) is 0 Å². The van der Waals surface area contributed by atoms with Crippen molar-refractivity contribution < 1.29 is 4.74 Å². The summed E-state index contributed by atoms with van der Waals surface area (Å²) in [6.07, 6.45) is 0. The van der Waals surface area contributed by atoms with E-state index in [1.165, 1.54) is 4.88 Å². The Labute approximate surface area is 112 Å². The van der Waals surface area contributed by atoms with Crippen molar-refractivity contribution in [3.8, 4) is 5.75 Å². The second-order valence-electron chi connectivity index (χ2n) is 4.20. The van der Waals surface area contributed by atoms with E-state index in [0.29, 0.717) is 12.3 Å². The van der Waals surface area contributed by atoms with Crippen LogP contribution in [0.1, 0.15) is 4.88 Å². The summed E-state index contributed by atoms with van der Waals surface area (Å²) in [7, 11) is 2.09. The van der Waals surface area contributed by atoms with Crippen molar-refractivity contribution in [1.29, 1.82) is 0 Å². The third-order valence-electron chi connectivity index (χ3n) is 2.66. The predicted molar refractivity (Wildman–Crippen MR) is 77.0 cm³/mol. The van der Waals surface area contributed by atoms with Gasteiger partial charge in [-0.05, 0) is 30.6 Å². The summed E-state index contributed by atoms with van der Waals surface area (Å²) < 4.78 is 5.66. The van der Waals surface area contributed by atoms with E-state index in [2.05, 4.69) is 29.5 Å². The Hall–Kier alpha value is -1.52. The highest BCUT2D eigenvalue weighted by atomic mass is 32.1. The number of anilines is 1. The maximum atomic E-state index is 5.81. The monoisotopic (exact) mass is 262 g/mol. The van der Waals surface area contributed by atoms with E-state index in [1.807, 2.05) is 24.3 Å². The number of benzene rings is 1. The van der Waals surface area contributed by atoms with Gasteiger partial charge in [-0.3, -0.25) is 4.90 Å². The fourth-order valence-electron chi connectivity index (χ4n) is 1.67. The molecule has 1 aromatic heterocycles. The molecule has 0 radical (unpaired) electrons. The molecule has 2 rings (SSSR count). The van der Waals surface area contributed by atoms with Gasteiger partial charge in [-0.15, -0.1) is 11.3 Å². The number of ether oxygens (including phenoxy) is 1. The molecule has 2 N–H and O–H groups in total. The highest BCUT2D eigenvalue weighted by Crippen LogP contribution is 2.19. The number of likely N-dealkylation sites (N-methyl/N-ethyl adjacent to an activating group) is 1. The number of hydrogen-bond acceptors (Lipinski definition) is 4. The van der Waals surface area contributed by atoms with Gasteiger partial charge in [0.1, 0.15) is 12.4 Å². The van der Waals surface area contributed by atoms with Gasteiger partial charge in [0.25, 0.3) is 0 Å². The lowest BCUT2D eigenvalue weighted by Gasteiger charge is -2.16. The van der Waals surface area contributed by atoms with Crippen LogP contribution in [-0.2, 0) is 6.54 Å². The lowest BCUT2D eigenvalue weighted by molar-refractivity contribution is 0.235. The normalized spacial score (nSPS) is 10.8. The predicted octanol–water partition coefficient (Wildman–Crippen LogP) is 2.84. The van der Waals surface area contributed by atoms with Gasteiger partial charge in [0.2, 0.25) is 0 Å². The van der Waals surface area contributed by atoms with E-state index in [1.54, 1.807) is 11.3 Å². The van der Waals surface area contributed by atoms with E-state index < -0.39 is 0 Å². The standard InChI is InChI=1S/C14H18N2OS/c1-16(11-12-5-4-10-18-12)8-9-17-14-7-3-2-6-13(14)15/h2-7,10H,8-9,11,15H2,1H3. The van der Waals surface area contributed by atoms with Crippen LogP contribution in [0.5, 0.6) is 5.75 Å².